The second kappa shape index (κ2) is 11.3. The third kappa shape index (κ3) is 6.83. The fourth-order valence-electron chi connectivity index (χ4n) is 4.10. The van der Waals surface area contributed by atoms with Gasteiger partial charge in [0, 0.05) is 43.8 Å². The van der Waals surface area contributed by atoms with Gasteiger partial charge in [0.25, 0.3) is 0 Å². The Bertz CT molecular complexity index is 927. The van der Waals surface area contributed by atoms with Crippen molar-refractivity contribution in [2.45, 2.75) is 45.0 Å². The van der Waals surface area contributed by atoms with Gasteiger partial charge in [-0.05, 0) is 37.6 Å². The Morgan fingerprint density at radius 2 is 1.81 bits per heavy atom. The SMILES string of the molecule is CC1CN(CC(O)COc2ccccc2CC(N)=O)C(C)CN1Cc1ccc(Cl)c(Cl)c1. The number of para-hydroxylation sites is 1. The van der Waals surface area contributed by atoms with Crippen molar-refractivity contribution in [1.82, 2.24) is 9.80 Å². The summed E-state index contributed by atoms with van der Waals surface area (Å²) < 4.78 is 5.81. The molecular weight excluding hydrogens is 449 g/mol. The molecule has 0 saturated carbocycles. The summed E-state index contributed by atoms with van der Waals surface area (Å²) in [5.41, 5.74) is 7.17. The van der Waals surface area contributed by atoms with Crippen molar-refractivity contribution in [2.75, 3.05) is 26.2 Å². The summed E-state index contributed by atoms with van der Waals surface area (Å²) in [7, 11) is 0. The molecule has 1 saturated heterocycles. The van der Waals surface area contributed by atoms with Crippen LogP contribution in [0.2, 0.25) is 10.0 Å². The lowest BCUT2D eigenvalue weighted by Crippen LogP contribution is -2.57. The van der Waals surface area contributed by atoms with Gasteiger partial charge >= 0.3 is 0 Å². The van der Waals surface area contributed by atoms with Gasteiger partial charge in [-0.15, -0.1) is 0 Å². The van der Waals surface area contributed by atoms with Crippen molar-refractivity contribution in [1.29, 1.82) is 0 Å². The number of nitrogens with two attached hydrogens (primary N) is 1. The first-order valence-electron chi connectivity index (χ1n) is 10.8. The summed E-state index contributed by atoms with van der Waals surface area (Å²) in [4.78, 5) is 16.0. The Morgan fingerprint density at radius 3 is 2.53 bits per heavy atom. The molecule has 0 aliphatic carbocycles. The van der Waals surface area contributed by atoms with Crippen LogP contribution in [-0.4, -0.2) is 65.2 Å². The maximum atomic E-state index is 11.3. The number of benzene rings is 2. The molecule has 3 unspecified atom stereocenters. The highest BCUT2D eigenvalue weighted by atomic mass is 35.5. The lowest BCUT2D eigenvalue weighted by atomic mass is 10.1. The van der Waals surface area contributed by atoms with E-state index in [4.69, 9.17) is 33.7 Å². The van der Waals surface area contributed by atoms with Crippen LogP contribution in [0.4, 0.5) is 0 Å². The first-order chi connectivity index (χ1) is 15.2. The number of β-amino-alcohol motifs (C(OH)–C–C–N with tert-alkyl or cyclic N) is 1. The molecular formula is C24H31Cl2N3O3. The third-order valence-corrected chi connectivity index (χ3v) is 6.57. The number of carbonyl (C=O) groups excluding carboxylic acids is 1. The van der Waals surface area contributed by atoms with Crippen molar-refractivity contribution < 1.29 is 14.6 Å². The number of aliphatic hydroxyl groups excluding tert-OH is 1. The molecule has 0 radical (unpaired) electrons. The topological polar surface area (TPSA) is 79.0 Å². The zero-order chi connectivity index (χ0) is 23.3. The Morgan fingerprint density at radius 1 is 1.12 bits per heavy atom. The molecule has 2 aromatic carbocycles. The zero-order valence-electron chi connectivity index (χ0n) is 18.5. The number of aliphatic hydroxyl groups is 1. The van der Waals surface area contributed by atoms with Gasteiger partial charge in [-0.1, -0.05) is 47.5 Å². The molecule has 32 heavy (non-hydrogen) atoms. The molecule has 3 rings (SSSR count). The van der Waals surface area contributed by atoms with Gasteiger partial charge in [0.1, 0.15) is 18.5 Å². The predicted octanol–water partition coefficient (Wildman–Crippen LogP) is 3.36. The molecule has 8 heteroatoms. The normalized spacial score (nSPS) is 20.8. The monoisotopic (exact) mass is 479 g/mol. The zero-order valence-corrected chi connectivity index (χ0v) is 20.0. The number of nitrogens with zero attached hydrogens (tertiary/aromatic N) is 2. The van der Waals surface area contributed by atoms with Crippen LogP contribution < -0.4 is 10.5 Å². The second-order valence-corrected chi connectivity index (χ2v) is 9.36. The van der Waals surface area contributed by atoms with E-state index in [1.807, 2.05) is 36.4 Å². The van der Waals surface area contributed by atoms with E-state index < -0.39 is 12.0 Å². The van der Waals surface area contributed by atoms with Crippen molar-refractivity contribution in [3.63, 3.8) is 0 Å². The van der Waals surface area contributed by atoms with E-state index in [9.17, 15) is 9.90 Å². The summed E-state index contributed by atoms with van der Waals surface area (Å²) in [6, 6.07) is 13.6. The number of primary amides is 1. The average molecular weight is 480 g/mol. The van der Waals surface area contributed by atoms with Gasteiger partial charge in [-0.25, -0.2) is 0 Å². The number of hydrogen-bond acceptors (Lipinski definition) is 5. The Hall–Kier alpha value is -1.83. The summed E-state index contributed by atoms with van der Waals surface area (Å²) in [6.07, 6.45) is -0.533. The molecule has 0 bridgehead atoms. The van der Waals surface area contributed by atoms with Gasteiger partial charge in [0.05, 0.1) is 16.5 Å². The minimum Gasteiger partial charge on any atom is -0.491 e. The van der Waals surface area contributed by atoms with Crippen LogP contribution in [-0.2, 0) is 17.8 Å². The first kappa shape index (κ1) is 24.8. The van der Waals surface area contributed by atoms with Crippen molar-refractivity contribution in [3.8, 4) is 5.75 Å². The third-order valence-electron chi connectivity index (χ3n) is 5.83. The number of rotatable bonds is 9. The van der Waals surface area contributed by atoms with E-state index in [2.05, 4.69) is 23.6 Å². The number of amides is 1. The Balaban J connectivity index is 1.52. The van der Waals surface area contributed by atoms with Crippen LogP contribution in [0.15, 0.2) is 42.5 Å². The Labute approximate surface area is 199 Å². The number of carbonyl (C=O) groups is 1. The molecule has 1 heterocycles. The van der Waals surface area contributed by atoms with Crippen molar-refractivity contribution in [3.05, 3.63) is 63.6 Å². The van der Waals surface area contributed by atoms with Gasteiger partial charge in [-0.2, -0.15) is 0 Å². The quantitative estimate of drug-likeness (QED) is 0.576. The summed E-state index contributed by atoms with van der Waals surface area (Å²) >= 11 is 12.2. The van der Waals surface area contributed by atoms with Crippen LogP contribution in [0.5, 0.6) is 5.75 Å². The van der Waals surface area contributed by atoms with Crippen LogP contribution >= 0.6 is 23.2 Å². The number of halogens is 2. The Kier molecular flexibility index (Phi) is 8.79. The second-order valence-electron chi connectivity index (χ2n) is 8.55. The molecule has 1 amide bonds. The van der Waals surface area contributed by atoms with Crippen molar-refractivity contribution >= 4 is 29.1 Å². The molecule has 1 aliphatic rings. The summed E-state index contributed by atoms with van der Waals surface area (Å²) in [6.45, 7) is 7.57. The minimum absolute atomic E-state index is 0.113. The highest BCUT2D eigenvalue weighted by molar-refractivity contribution is 6.42. The van der Waals surface area contributed by atoms with Gasteiger partial charge in [-0.3, -0.25) is 14.6 Å². The highest BCUT2D eigenvalue weighted by Gasteiger charge is 2.30. The molecule has 174 valence electrons. The fourth-order valence-corrected chi connectivity index (χ4v) is 4.43. The van der Waals surface area contributed by atoms with Crippen molar-refractivity contribution in [2.24, 2.45) is 5.73 Å². The van der Waals surface area contributed by atoms with Crippen LogP contribution in [0, 0.1) is 0 Å². The van der Waals surface area contributed by atoms with E-state index in [0.717, 1.165) is 30.8 Å². The molecule has 6 nitrogen and oxygen atoms in total. The van der Waals surface area contributed by atoms with E-state index >= 15 is 0 Å². The van der Waals surface area contributed by atoms with Gasteiger partial charge in [0.2, 0.25) is 5.91 Å². The molecule has 3 atom stereocenters. The first-order valence-corrected chi connectivity index (χ1v) is 11.6. The molecule has 3 N–H and O–H groups in total. The van der Waals surface area contributed by atoms with E-state index in [1.165, 1.54) is 0 Å². The molecule has 0 aromatic heterocycles. The fraction of sp³-hybridized carbons (Fsp3) is 0.458. The summed E-state index contributed by atoms with van der Waals surface area (Å²) in [5, 5.41) is 11.7. The molecule has 1 aliphatic heterocycles. The predicted molar refractivity (Wildman–Crippen MR) is 128 cm³/mol. The highest BCUT2D eigenvalue weighted by Crippen LogP contribution is 2.25. The van der Waals surface area contributed by atoms with Crippen LogP contribution in [0.1, 0.15) is 25.0 Å². The van der Waals surface area contributed by atoms with Gasteiger partial charge in [0.15, 0.2) is 0 Å². The standard InChI is InChI=1S/C24H31Cl2N3O3/c1-16-12-29(17(2)11-28(16)13-18-7-8-21(25)22(26)9-18)14-20(30)15-32-23-6-4-3-5-19(23)10-24(27)31/h3-9,16-17,20,30H,10-15H2,1-2H3,(H2,27,31). The molecule has 2 aromatic rings. The minimum atomic E-state index is -0.645. The maximum Gasteiger partial charge on any atom is 0.221 e. The number of ether oxygens (including phenoxy) is 1. The smallest absolute Gasteiger partial charge is 0.221 e. The number of hydrogen-bond donors (Lipinski definition) is 2. The number of piperazine rings is 1. The van der Waals surface area contributed by atoms with Crippen LogP contribution in [0.25, 0.3) is 0 Å². The largest absolute Gasteiger partial charge is 0.491 e. The van der Waals surface area contributed by atoms with E-state index in [0.29, 0.717) is 28.4 Å². The lowest BCUT2D eigenvalue weighted by Gasteiger charge is -2.44. The van der Waals surface area contributed by atoms with Gasteiger partial charge < -0.3 is 15.6 Å². The van der Waals surface area contributed by atoms with E-state index in [1.54, 1.807) is 6.07 Å². The average Bonchev–Trinajstić information content (AvgIpc) is 2.73. The molecule has 0 spiro atoms. The van der Waals surface area contributed by atoms with E-state index in [-0.39, 0.29) is 19.1 Å². The summed E-state index contributed by atoms with van der Waals surface area (Å²) in [5.74, 6) is 0.168. The maximum absolute atomic E-state index is 11.3. The van der Waals surface area contributed by atoms with Crippen LogP contribution in [0.3, 0.4) is 0 Å². The lowest BCUT2D eigenvalue weighted by molar-refractivity contribution is -0.117. The molecule has 1 fully saturated rings.